The molecule has 25 nitrogen and oxygen atoms in total. The Hall–Kier alpha value is -8.35. The number of nitrogens with one attached hydrogen (secondary N) is 3. The highest BCUT2D eigenvalue weighted by molar-refractivity contribution is 6.31. The van der Waals surface area contributed by atoms with Crippen molar-refractivity contribution in [1.82, 2.24) is 60.0 Å². The van der Waals surface area contributed by atoms with Crippen molar-refractivity contribution < 1.29 is 70.7 Å². The quantitative estimate of drug-likeness (QED) is 0.277. The molecule has 8 atom stereocenters. The summed E-state index contributed by atoms with van der Waals surface area (Å²) < 4.78 is 41.6. The van der Waals surface area contributed by atoms with Crippen molar-refractivity contribution in [3.63, 3.8) is 0 Å². The number of piperidine rings is 1. The Bertz CT molecular complexity index is 3390. The Kier molecular flexibility index (Phi) is 28.5. The molecule has 1 spiro atoms. The molecular weight excluding hydrogens is 1320 g/mol. The number of carbonyl (C=O) groups is 12. The first kappa shape index (κ1) is 80.6. The van der Waals surface area contributed by atoms with Crippen molar-refractivity contribution in [3.8, 4) is 6.07 Å². The van der Waals surface area contributed by atoms with Crippen LogP contribution < -0.4 is 16.0 Å². The number of amides is 12. The lowest BCUT2D eigenvalue weighted by Crippen LogP contribution is -2.65. The Morgan fingerprint density at radius 3 is 1.90 bits per heavy atom. The van der Waals surface area contributed by atoms with Crippen LogP contribution in [0.2, 0.25) is 5.02 Å². The predicted molar refractivity (Wildman–Crippen MR) is 366 cm³/mol. The number of nitriles is 1. The van der Waals surface area contributed by atoms with Crippen molar-refractivity contribution in [3.05, 3.63) is 69.7 Å². The molecule has 0 aromatic heterocycles. The van der Waals surface area contributed by atoms with Crippen LogP contribution in [0, 0.1) is 29.1 Å². The van der Waals surface area contributed by atoms with Gasteiger partial charge in [0.2, 0.25) is 70.9 Å². The van der Waals surface area contributed by atoms with E-state index in [0.29, 0.717) is 57.2 Å². The third-order valence-electron chi connectivity index (χ3n) is 20.1. The van der Waals surface area contributed by atoms with E-state index in [0.717, 1.165) is 38.2 Å². The lowest BCUT2D eigenvalue weighted by atomic mass is 9.91. The molecule has 0 bridgehead atoms. The summed E-state index contributed by atoms with van der Waals surface area (Å²) in [7, 11) is 9.49. The number of aryl methyl sites for hydroxylation is 1. The summed E-state index contributed by atoms with van der Waals surface area (Å²) in [4.78, 5) is 189. The molecule has 4 fully saturated rings. The predicted octanol–water partition coefficient (Wildman–Crippen LogP) is 4.64. The van der Waals surface area contributed by atoms with Crippen LogP contribution in [0.3, 0.4) is 0 Å². The molecule has 0 radical (unpaired) electrons. The van der Waals surface area contributed by atoms with Crippen LogP contribution in [0.4, 0.5) is 13.2 Å². The number of halogens is 4. The maximum absolute atomic E-state index is 15.4. The molecule has 1 saturated carbocycles. The van der Waals surface area contributed by atoms with Crippen molar-refractivity contribution in [2.45, 2.75) is 192 Å². The summed E-state index contributed by atoms with van der Waals surface area (Å²) in [5.41, 5.74) is -1.77. The molecule has 1 aliphatic carbocycles. The number of alkyl halides is 3. The summed E-state index contributed by atoms with van der Waals surface area (Å²) in [5.74, 6) is -9.89. The highest BCUT2D eigenvalue weighted by atomic mass is 35.5. The monoisotopic (exact) mass is 1420 g/mol. The second kappa shape index (κ2) is 35.3. The number of nitrogens with zero attached hydrogens (tertiary/aromatic N) is 10. The standard InChI is InChI=1S/C71H101ClF3N13O12/c1-14-45(6)60-67(98)82(9)41-58(91)80(7)42-59(92)84(11)54(37-47-22-20-23-48(35-47)39-76)65(96)81(8)40-56(89)77-51(28-26-46-25-27-49(50(72)36-46)71(73,74)75)64(95)88-33-21-24-52(88)63(94)79-70(29-16-17-30-70)69(100)86(13)61(44(4)5)68(99)85(12)55(66(97)87-31-18-15-19-32-87)38-57(90)83(10)53(34-43(2)3)62(93)78-60/h20,22-23,25,27,35-36,43-45,51-55,60-61H,14-19,21,24,26,28-34,37-38,40-42H2,1-13H3,(H,77,89)(H,78,93)(H,79,94)/t45-,51-,52?,53-,54-,55-,60-,61-/m0/s1. The molecule has 100 heavy (non-hydrogen) atoms. The molecule has 29 heteroatoms. The smallest absolute Gasteiger partial charge is 0.343 e. The van der Waals surface area contributed by atoms with Crippen LogP contribution in [-0.4, -0.2) is 251 Å². The molecule has 3 saturated heterocycles. The Morgan fingerprint density at radius 1 is 0.670 bits per heavy atom. The van der Waals surface area contributed by atoms with E-state index in [2.05, 4.69) is 16.0 Å². The zero-order valence-electron chi connectivity index (χ0n) is 60.0. The van der Waals surface area contributed by atoms with Crippen LogP contribution in [0.5, 0.6) is 0 Å². The van der Waals surface area contributed by atoms with Crippen molar-refractivity contribution >= 4 is 82.5 Å². The number of rotatable bonds is 11. The molecule has 1 unspecified atom stereocenters. The number of hydrogen-bond donors (Lipinski definition) is 3. The van der Waals surface area contributed by atoms with Gasteiger partial charge in [-0.15, -0.1) is 0 Å². The molecule has 2 aromatic carbocycles. The van der Waals surface area contributed by atoms with E-state index in [1.165, 1.54) is 87.1 Å². The number of likely N-dealkylation sites (tertiary alicyclic amines) is 1. The van der Waals surface area contributed by atoms with Crippen molar-refractivity contribution in [2.24, 2.45) is 17.8 Å². The van der Waals surface area contributed by atoms with E-state index in [1.807, 2.05) is 19.9 Å². The van der Waals surface area contributed by atoms with E-state index in [-0.39, 0.29) is 68.5 Å². The van der Waals surface area contributed by atoms with Gasteiger partial charge in [0.05, 0.1) is 48.3 Å². The van der Waals surface area contributed by atoms with Gasteiger partial charge in [-0.3, -0.25) is 57.5 Å². The van der Waals surface area contributed by atoms with E-state index in [9.17, 15) is 56.8 Å². The van der Waals surface area contributed by atoms with E-state index in [1.54, 1.807) is 44.7 Å². The van der Waals surface area contributed by atoms with Gasteiger partial charge in [-0.25, -0.2) is 0 Å². The van der Waals surface area contributed by atoms with Crippen molar-refractivity contribution in [2.75, 3.05) is 88.6 Å². The normalized spacial score (nSPS) is 24.6. The number of likely N-dealkylation sites (N-methyl/N-ethyl adjacent to an activating group) is 7. The second-order valence-electron chi connectivity index (χ2n) is 28.3. The highest BCUT2D eigenvalue weighted by Crippen LogP contribution is 2.37. The molecule has 3 aliphatic heterocycles. The van der Waals surface area contributed by atoms with Gasteiger partial charge in [0.25, 0.3) is 0 Å². The lowest BCUT2D eigenvalue weighted by molar-refractivity contribution is -0.156. The maximum atomic E-state index is 15.4. The minimum atomic E-state index is -4.78. The summed E-state index contributed by atoms with van der Waals surface area (Å²) in [5, 5.41) is 17.7. The molecule has 4 aliphatic rings. The topological polar surface area (TPSA) is 294 Å². The number of hydrogen-bond acceptors (Lipinski definition) is 13. The summed E-state index contributed by atoms with van der Waals surface area (Å²) >= 11 is 6.13. The minimum absolute atomic E-state index is 0.00452. The highest BCUT2D eigenvalue weighted by Gasteiger charge is 2.51. The Balaban J connectivity index is 1.44. The van der Waals surface area contributed by atoms with Gasteiger partial charge in [0.15, 0.2) is 0 Å². The van der Waals surface area contributed by atoms with Gasteiger partial charge >= 0.3 is 6.18 Å². The summed E-state index contributed by atoms with van der Waals surface area (Å²) in [6, 6.07) is 2.09. The number of benzene rings is 2. The Labute approximate surface area is 590 Å². The summed E-state index contributed by atoms with van der Waals surface area (Å²) in [6.07, 6.45) is -1.65. The largest absolute Gasteiger partial charge is 0.417 e. The van der Waals surface area contributed by atoms with Crippen molar-refractivity contribution in [1.29, 1.82) is 5.26 Å². The van der Waals surface area contributed by atoms with Crippen LogP contribution in [-0.2, 0) is 76.6 Å². The van der Waals surface area contributed by atoms with E-state index < -0.39 is 173 Å². The van der Waals surface area contributed by atoms with E-state index >= 15 is 19.2 Å². The summed E-state index contributed by atoms with van der Waals surface area (Å²) in [6.45, 7) is 9.41. The first-order valence-electron chi connectivity index (χ1n) is 34.6. The Morgan fingerprint density at radius 2 is 1.30 bits per heavy atom. The van der Waals surface area contributed by atoms with Crippen LogP contribution in [0.15, 0.2) is 42.5 Å². The SMILES string of the molecule is CC[C@H](C)[C@@H]1NC(=O)[C@H](CC(C)C)N(C)C(=O)C[C@@H](C(=O)N2CCCCC2)N(C)C(=O)[C@H](C(C)C)N(C)C(=O)C2(CCCC2)NC(=O)C2CCCN2C(=O)[C@H](CCc2ccc(C(F)(F)F)c(Cl)c2)NC(=O)CN(C)C(=O)[C@H](Cc2cccc(C#N)c2)N(C)C(=O)CN(C)C(=O)CN(C)C1=O. The van der Waals surface area contributed by atoms with Gasteiger partial charge in [0, 0.05) is 75.4 Å². The third kappa shape index (κ3) is 20.0. The lowest BCUT2D eigenvalue weighted by Gasteiger charge is -2.42. The fraction of sp³-hybridized carbons (Fsp3) is 0.648. The minimum Gasteiger partial charge on any atom is -0.343 e. The maximum Gasteiger partial charge on any atom is 0.417 e. The van der Waals surface area contributed by atoms with Gasteiger partial charge < -0.3 is 60.0 Å². The van der Waals surface area contributed by atoms with Gasteiger partial charge in [0.1, 0.15) is 47.8 Å². The molecule has 12 amide bonds. The zero-order chi connectivity index (χ0) is 74.4. The molecule has 3 heterocycles. The molecule has 3 N–H and O–H groups in total. The van der Waals surface area contributed by atoms with Gasteiger partial charge in [-0.05, 0) is 117 Å². The fourth-order valence-electron chi connectivity index (χ4n) is 13.8. The molecular formula is C71H101ClF3N13O12. The van der Waals surface area contributed by atoms with Gasteiger partial charge in [-0.2, -0.15) is 18.4 Å². The van der Waals surface area contributed by atoms with Gasteiger partial charge in [-0.1, -0.05) is 90.6 Å². The number of carbonyl (C=O) groups excluding carboxylic acids is 12. The first-order chi connectivity index (χ1) is 47.0. The van der Waals surface area contributed by atoms with Crippen LogP contribution >= 0.6 is 11.6 Å². The van der Waals surface area contributed by atoms with E-state index in [4.69, 9.17) is 11.6 Å². The average molecular weight is 1420 g/mol. The fourth-order valence-corrected chi connectivity index (χ4v) is 14.1. The average Bonchev–Trinajstić information content (AvgIpc) is 1.59. The number of fused-ring (bicyclic) bond motifs is 1. The second-order valence-corrected chi connectivity index (χ2v) is 28.7. The molecule has 6 rings (SSSR count). The molecule has 2 aromatic rings. The zero-order valence-corrected chi connectivity index (χ0v) is 60.8. The van der Waals surface area contributed by atoms with Crippen LogP contribution in [0.25, 0.3) is 0 Å². The van der Waals surface area contributed by atoms with Crippen LogP contribution in [0.1, 0.15) is 147 Å². The first-order valence-corrected chi connectivity index (χ1v) is 35.0. The third-order valence-corrected chi connectivity index (χ3v) is 20.4. The molecule has 550 valence electrons.